The number of thiazole rings is 1. The zero-order valence-corrected chi connectivity index (χ0v) is 21.5. The second-order valence-corrected chi connectivity index (χ2v) is 9.85. The summed E-state index contributed by atoms with van der Waals surface area (Å²) in [5.74, 6) is -0.354. The number of nitrogens with zero attached hydrogens (tertiary/aromatic N) is 2. The number of para-hydroxylation sites is 1. The number of ether oxygens (including phenoxy) is 1. The van der Waals surface area contributed by atoms with Gasteiger partial charge in [-0.25, -0.2) is 4.99 Å². The van der Waals surface area contributed by atoms with Gasteiger partial charge in [-0.3, -0.25) is 14.2 Å². The first-order chi connectivity index (χ1) is 18.3. The van der Waals surface area contributed by atoms with E-state index >= 15 is 0 Å². The Morgan fingerprint density at radius 2 is 1.76 bits per heavy atom. The molecule has 0 spiro atoms. The fraction of sp³-hybridized carbons (Fsp3) is 0.107. The Morgan fingerprint density at radius 3 is 2.42 bits per heavy atom. The molecule has 0 radical (unpaired) electrons. The molecule has 1 aliphatic heterocycles. The van der Waals surface area contributed by atoms with Crippen LogP contribution in [0.15, 0.2) is 99.9 Å². The number of benzene rings is 3. The van der Waals surface area contributed by atoms with Gasteiger partial charge in [0.1, 0.15) is 5.75 Å². The molecule has 0 unspecified atom stereocenters. The minimum absolute atomic E-state index is 0.0195. The van der Waals surface area contributed by atoms with E-state index in [2.05, 4.69) is 15.0 Å². The van der Waals surface area contributed by atoms with Crippen molar-refractivity contribution in [1.29, 1.82) is 0 Å². The standard InChI is InChI=1S/C28H20ClF2N3O3S/c1-16-23(25(35)33-20-5-3-2-4-6-20)24(18-9-11-19(29)12-10-18)34-26(36)22(38-28(34)32-16)15-17-7-13-21(14-8-17)37-27(30)31/h2-15,24,27H,1H3,(H,33,35)/b22-15+/t24-/m1/s1. The average molecular weight is 552 g/mol. The summed E-state index contributed by atoms with van der Waals surface area (Å²) in [5.41, 5.74) is 2.42. The predicted octanol–water partition coefficient (Wildman–Crippen LogP) is 5.13. The molecule has 0 saturated heterocycles. The van der Waals surface area contributed by atoms with Gasteiger partial charge < -0.3 is 10.1 Å². The number of anilines is 1. The molecule has 0 bridgehead atoms. The van der Waals surface area contributed by atoms with Crippen LogP contribution < -0.4 is 24.9 Å². The van der Waals surface area contributed by atoms with Gasteiger partial charge in [0.15, 0.2) is 4.80 Å². The molecule has 1 aliphatic rings. The fourth-order valence-corrected chi connectivity index (χ4v) is 5.36. The predicted molar refractivity (Wildman–Crippen MR) is 143 cm³/mol. The number of alkyl halides is 2. The highest BCUT2D eigenvalue weighted by Crippen LogP contribution is 2.31. The zero-order valence-electron chi connectivity index (χ0n) is 19.9. The molecular formula is C28H20ClF2N3O3S. The Kier molecular flexibility index (Phi) is 7.22. The summed E-state index contributed by atoms with van der Waals surface area (Å²) < 4.78 is 31.2. The Morgan fingerprint density at radius 1 is 1.08 bits per heavy atom. The summed E-state index contributed by atoms with van der Waals surface area (Å²) >= 11 is 7.30. The average Bonchev–Trinajstić information content (AvgIpc) is 3.19. The summed E-state index contributed by atoms with van der Waals surface area (Å²) in [7, 11) is 0. The monoisotopic (exact) mass is 551 g/mol. The van der Waals surface area contributed by atoms with Crippen LogP contribution in [0.1, 0.15) is 24.1 Å². The normalized spacial score (nSPS) is 15.3. The number of hydrogen-bond acceptors (Lipinski definition) is 5. The summed E-state index contributed by atoms with van der Waals surface area (Å²) in [6.07, 6.45) is 1.65. The molecule has 1 aromatic heterocycles. The number of hydrogen-bond donors (Lipinski definition) is 1. The Balaban J connectivity index is 1.61. The van der Waals surface area contributed by atoms with Gasteiger partial charge in [0.05, 0.1) is 21.8 Å². The quantitative estimate of drug-likeness (QED) is 0.361. The van der Waals surface area contributed by atoms with Crippen molar-refractivity contribution in [3.8, 4) is 5.75 Å². The van der Waals surface area contributed by atoms with Crippen LogP contribution in [0.4, 0.5) is 14.5 Å². The number of nitrogens with one attached hydrogen (secondary N) is 1. The van der Waals surface area contributed by atoms with Gasteiger partial charge in [-0.2, -0.15) is 8.78 Å². The Bertz CT molecular complexity index is 1700. The SMILES string of the molecule is CC1=C(C(=O)Nc2ccccc2)[C@@H](c2ccc(Cl)cc2)n2c(s/c(=C/c3ccc(OC(F)F)cc3)c2=O)=N1. The third-order valence-electron chi connectivity index (χ3n) is 5.89. The molecule has 38 heavy (non-hydrogen) atoms. The second-order valence-electron chi connectivity index (χ2n) is 8.40. The molecule has 0 saturated carbocycles. The van der Waals surface area contributed by atoms with Crippen LogP contribution in [-0.4, -0.2) is 17.1 Å². The highest BCUT2D eigenvalue weighted by Gasteiger charge is 2.32. The van der Waals surface area contributed by atoms with Crippen LogP contribution >= 0.6 is 22.9 Å². The molecule has 0 aliphatic carbocycles. The second kappa shape index (κ2) is 10.7. The minimum atomic E-state index is -2.92. The van der Waals surface area contributed by atoms with Crippen molar-refractivity contribution >= 4 is 40.6 Å². The van der Waals surface area contributed by atoms with Crippen molar-refractivity contribution in [2.24, 2.45) is 4.99 Å². The summed E-state index contributed by atoms with van der Waals surface area (Å²) in [6, 6.07) is 21.2. The van der Waals surface area contributed by atoms with Crippen LogP contribution in [0, 0.1) is 0 Å². The van der Waals surface area contributed by atoms with Crippen LogP contribution in [0.25, 0.3) is 6.08 Å². The Hall–Kier alpha value is -4.08. The lowest BCUT2D eigenvalue weighted by atomic mass is 9.95. The highest BCUT2D eigenvalue weighted by molar-refractivity contribution is 7.07. The first-order valence-electron chi connectivity index (χ1n) is 11.5. The molecule has 10 heteroatoms. The van der Waals surface area contributed by atoms with Crippen LogP contribution in [-0.2, 0) is 4.79 Å². The smallest absolute Gasteiger partial charge is 0.387 e. The number of rotatable bonds is 6. The summed E-state index contributed by atoms with van der Waals surface area (Å²) in [6.45, 7) is -1.18. The minimum Gasteiger partial charge on any atom is -0.435 e. The van der Waals surface area contributed by atoms with E-state index in [1.165, 1.54) is 28.0 Å². The van der Waals surface area contributed by atoms with E-state index in [0.717, 1.165) is 0 Å². The van der Waals surface area contributed by atoms with Gasteiger partial charge in [-0.05, 0) is 60.5 Å². The third kappa shape index (κ3) is 5.29. The molecule has 0 fully saturated rings. The summed E-state index contributed by atoms with van der Waals surface area (Å²) in [5, 5.41) is 3.43. The molecule has 2 heterocycles. The van der Waals surface area contributed by atoms with Gasteiger partial charge in [0.25, 0.3) is 11.5 Å². The van der Waals surface area contributed by atoms with Crippen molar-refractivity contribution < 1.29 is 18.3 Å². The molecule has 3 aromatic carbocycles. The highest BCUT2D eigenvalue weighted by atomic mass is 35.5. The van der Waals surface area contributed by atoms with E-state index in [-0.39, 0.29) is 17.2 Å². The molecule has 5 rings (SSSR count). The topological polar surface area (TPSA) is 72.7 Å². The maximum atomic E-state index is 13.7. The van der Waals surface area contributed by atoms with Crippen molar-refractivity contribution in [2.75, 3.05) is 5.32 Å². The van der Waals surface area contributed by atoms with Crippen molar-refractivity contribution in [3.05, 3.63) is 126 Å². The molecule has 4 aromatic rings. The van der Waals surface area contributed by atoms with Gasteiger partial charge >= 0.3 is 6.61 Å². The van der Waals surface area contributed by atoms with E-state index in [4.69, 9.17) is 11.6 Å². The van der Waals surface area contributed by atoms with Gasteiger partial charge in [-0.15, -0.1) is 0 Å². The molecule has 1 atom stereocenters. The fourth-order valence-electron chi connectivity index (χ4n) is 4.19. The van der Waals surface area contributed by atoms with Crippen LogP contribution in [0.5, 0.6) is 5.75 Å². The molecule has 192 valence electrons. The maximum Gasteiger partial charge on any atom is 0.387 e. The number of allylic oxidation sites excluding steroid dienone is 1. The van der Waals surface area contributed by atoms with Gasteiger partial charge in [0.2, 0.25) is 0 Å². The zero-order chi connectivity index (χ0) is 26.8. The first-order valence-corrected chi connectivity index (χ1v) is 12.7. The van der Waals surface area contributed by atoms with Crippen molar-refractivity contribution in [3.63, 3.8) is 0 Å². The lowest BCUT2D eigenvalue weighted by Gasteiger charge is -2.25. The van der Waals surface area contributed by atoms with E-state index in [1.54, 1.807) is 61.5 Å². The Labute approximate surface area is 224 Å². The largest absolute Gasteiger partial charge is 0.435 e. The van der Waals surface area contributed by atoms with Gasteiger partial charge in [0, 0.05) is 10.7 Å². The van der Waals surface area contributed by atoms with Crippen molar-refractivity contribution in [1.82, 2.24) is 4.57 Å². The van der Waals surface area contributed by atoms with Crippen molar-refractivity contribution in [2.45, 2.75) is 19.6 Å². The number of carbonyl (C=O) groups is 1. The first kappa shape index (κ1) is 25.6. The molecule has 1 N–H and O–H groups in total. The third-order valence-corrected chi connectivity index (χ3v) is 7.12. The number of halogens is 3. The van der Waals surface area contributed by atoms with Crippen LogP contribution in [0.3, 0.4) is 0 Å². The van der Waals surface area contributed by atoms with E-state index < -0.39 is 12.7 Å². The van der Waals surface area contributed by atoms with Crippen LogP contribution in [0.2, 0.25) is 5.02 Å². The van der Waals surface area contributed by atoms with E-state index in [0.29, 0.717) is 42.4 Å². The molecule has 6 nitrogen and oxygen atoms in total. The molecular weight excluding hydrogens is 532 g/mol. The number of fused-ring (bicyclic) bond motifs is 1. The van der Waals surface area contributed by atoms with E-state index in [9.17, 15) is 18.4 Å². The van der Waals surface area contributed by atoms with Gasteiger partial charge in [-0.1, -0.05) is 65.4 Å². The molecule has 1 amide bonds. The summed E-state index contributed by atoms with van der Waals surface area (Å²) in [4.78, 5) is 32.2. The number of aromatic nitrogens is 1. The maximum absolute atomic E-state index is 13.7. The lowest BCUT2D eigenvalue weighted by molar-refractivity contribution is -0.113. The van der Waals surface area contributed by atoms with E-state index in [1.807, 2.05) is 18.2 Å². The lowest BCUT2D eigenvalue weighted by Crippen LogP contribution is -2.40. The number of carbonyl (C=O) groups excluding carboxylic acids is 1. The number of amides is 1.